The molecule has 1 rings (SSSR count). The molecule has 0 amide bonds. The largest absolute Gasteiger partial charge is 0.455 e. The van der Waals surface area contributed by atoms with Gasteiger partial charge in [-0.3, -0.25) is 14.4 Å². The van der Waals surface area contributed by atoms with Gasteiger partial charge in [0.05, 0.1) is 22.3 Å². The van der Waals surface area contributed by atoms with Crippen molar-refractivity contribution in [3.8, 4) is 0 Å². The molecule has 0 aromatic heterocycles. The van der Waals surface area contributed by atoms with Crippen LogP contribution in [0.1, 0.15) is 69.2 Å². The maximum absolute atomic E-state index is 12.5. The smallest absolute Gasteiger partial charge is 0.313 e. The fourth-order valence-electron chi connectivity index (χ4n) is 2.27. The maximum Gasteiger partial charge on any atom is 0.313 e. The highest BCUT2D eigenvalue weighted by molar-refractivity contribution is 5.77. The highest BCUT2D eigenvalue weighted by Crippen LogP contribution is 2.31. The molecule has 0 aliphatic carbocycles. The van der Waals surface area contributed by atoms with Crippen LogP contribution in [-0.2, 0) is 33.3 Å². The van der Waals surface area contributed by atoms with E-state index in [0.29, 0.717) is 0 Å². The van der Waals surface area contributed by atoms with Gasteiger partial charge in [-0.1, -0.05) is 0 Å². The van der Waals surface area contributed by atoms with Crippen LogP contribution in [-0.4, -0.2) is 53.7 Å². The predicted molar refractivity (Wildman–Crippen MR) is 105 cm³/mol. The Balaban J connectivity index is 3.17. The summed E-state index contributed by atoms with van der Waals surface area (Å²) >= 11 is 0. The predicted octanol–water partition coefficient (Wildman–Crippen LogP) is 2.60. The SMILES string of the molecule is C[C@@H]1O[C@@H](OC(=O)C(C)(C)C)[C@@H](O)[C@H](OC(=O)C(C)(C)C)[C@@H]1OC(=O)C(C)(C)C. The van der Waals surface area contributed by atoms with E-state index in [0.717, 1.165) is 0 Å². The third kappa shape index (κ3) is 6.67. The van der Waals surface area contributed by atoms with Gasteiger partial charge in [0, 0.05) is 0 Å². The number of carbonyl (C=O) groups excluding carboxylic acids is 3. The number of rotatable bonds is 3. The summed E-state index contributed by atoms with van der Waals surface area (Å²) in [5.41, 5.74) is -2.48. The van der Waals surface area contributed by atoms with E-state index in [1.165, 1.54) is 0 Å². The Bertz CT molecular complexity index is 620. The Morgan fingerprint density at radius 3 is 1.41 bits per heavy atom. The summed E-state index contributed by atoms with van der Waals surface area (Å²) in [6.07, 6.45) is -6.00. The number of esters is 3. The Labute approximate surface area is 173 Å². The van der Waals surface area contributed by atoms with Crippen LogP contribution in [0.2, 0.25) is 0 Å². The third-order valence-corrected chi connectivity index (χ3v) is 4.30. The molecule has 0 unspecified atom stereocenters. The fourth-order valence-corrected chi connectivity index (χ4v) is 2.27. The molecular formula is C21H36O8. The normalized spacial score (nSPS) is 28.4. The Hall–Kier alpha value is -1.67. The summed E-state index contributed by atoms with van der Waals surface area (Å²) in [6.45, 7) is 16.6. The molecule has 5 atom stereocenters. The highest BCUT2D eigenvalue weighted by atomic mass is 16.7. The lowest BCUT2D eigenvalue weighted by molar-refractivity contribution is -0.294. The van der Waals surface area contributed by atoms with Crippen LogP contribution in [0.25, 0.3) is 0 Å². The second kappa shape index (κ2) is 8.60. The number of hydrogen-bond donors (Lipinski definition) is 1. The van der Waals surface area contributed by atoms with Crippen molar-refractivity contribution in [2.24, 2.45) is 16.2 Å². The van der Waals surface area contributed by atoms with Crippen molar-refractivity contribution in [1.29, 1.82) is 0 Å². The van der Waals surface area contributed by atoms with Crippen LogP contribution in [0.3, 0.4) is 0 Å². The standard InChI is InChI=1S/C21H36O8/c1-11-13(27-16(23)19(2,3)4)14(28-17(24)20(5,6)7)12(22)15(26-11)29-18(25)21(8,9)10/h11-15,22H,1-10H3/t11-,12-,13+,14-,15-/m0/s1. The molecule has 0 aromatic carbocycles. The second-order valence-corrected chi connectivity index (χ2v) is 10.6. The van der Waals surface area contributed by atoms with E-state index in [9.17, 15) is 19.5 Å². The molecule has 1 N–H and O–H groups in total. The Kier molecular flexibility index (Phi) is 7.52. The van der Waals surface area contributed by atoms with Gasteiger partial charge in [-0.15, -0.1) is 0 Å². The number of aliphatic hydroxyl groups is 1. The molecule has 0 bridgehead atoms. The van der Waals surface area contributed by atoms with E-state index in [2.05, 4.69) is 0 Å². The summed E-state index contributed by atoms with van der Waals surface area (Å²) in [5.74, 6) is -1.71. The molecule has 1 heterocycles. The summed E-state index contributed by atoms with van der Waals surface area (Å²) in [5, 5.41) is 10.8. The van der Waals surface area contributed by atoms with E-state index < -0.39 is 64.9 Å². The quantitative estimate of drug-likeness (QED) is 0.552. The molecule has 0 saturated carbocycles. The van der Waals surface area contributed by atoms with E-state index in [1.54, 1.807) is 69.2 Å². The molecule has 0 aromatic rings. The molecular weight excluding hydrogens is 380 g/mol. The molecule has 8 nitrogen and oxygen atoms in total. The van der Waals surface area contributed by atoms with Crippen LogP contribution in [0.5, 0.6) is 0 Å². The van der Waals surface area contributed by atoms with E-state index in [4.69, 9.17) is 18.9 Å². The fraction of sp³-hybridized carbons (Fsp3) is 0.857. The number of hydrogen-bond acceptors (Lipinski definition) is 8. The molecule has 1 fully saturated rings. The van der Waals surface area contributed by atoms with Crippen LogP contribution >= 0.6 is 0 Å². The molecule has 8 heteroatoms. The summed E-state index contributed by atoms with van der Waals surface area (Å²) < 4.78 is 22.0. The van der Waals surface area contributed by atoms with E-state index in [-0.39, 0.29) is 0 Å². The van der Waals surface area contributed by atoms with Gasteiger partial charge >= 0.3 is 17.9 Å². The van der Waals surface area contributed by atoms with Crippen molar-refractivity contribution in [2.75, 3.05) is 0 Å². The van der Waals surface area contributed by atoms with Crippen molar-refractivity contribution >= 4 is 17.9 Å². The second-order valence-electron chi connectivity index (χ2n) is 10.6. The molecule has 0 radical (unpaired) electrons. The lowest BCUT2D eigenvalue weighted by Crippen LogP contribution is -2.61. The van der Waals surface area contributed by atoms with Crippen molar-refractivity contribution < 1.29 is 38.4 Å². The van der Waals surface area contributed by atoms with Crippen molar-refractivity contribution in [3.63, 3.8) is 0 Å². The lowest BCUT2D eigenvalue weighted by Gasteiger charge is -2.43. The monoisotopic (exact) mass is 416 g/mol. The van der Waals surface area contributed by atoms with Crippen LogP contribution in [0.15, 0.2) is 0 Å². The molecule has 1 aliphatic heterocycles. The van der Waals surface area contributed by atoms with E-state index in [1.807, 2.05) is 0 Å². The minimum absolute atomic E-state index is 0.535. The zero-order chi connectivity index (χ0) is 22.9. The van der Waals surface area contributed by atoms with Gasteiger partial charge in [-0.05, 0) is 69.2 Å². The molecule has 1 saturated heterocycles. The average molecular weight is 417 g/mol. The van der Waals surface area contributed by atoms with Crippen LogP contribution in [0.4, 0.5) is 0 Å². The van der Waals surface area contributed by atoms with Gasteiger partial charge in [-0.25, -0.2) is 0 Å². The number of aliphatic hydroxyl groups excluding tert-OH is 1. The van der Waals surface area contributed by atoms with Gasteiger partial charge in [0.15, 0.2) is 18.3 Å². The minimum Gasteiger partial charge on any atom is -0.455 e. The first-order valence-electron chi connectivity index (χ1n) is 9.82. The highest BCUT2D eigenvalue weighted by Gasteiger charge is 2.51. The van der Waals surface area contributed by atoms with Crippen LogP contribution in [0, 0.1) is 16.2 Å². The van der Waals surface area contributed by atoms with Crippen molar-refractivity contribution in [3.05, 3.63) is 0 Å². The van der Waals surface area contributed by atoms with Crippen molar-refractivity contribution in [1.82, 2.24) is 0 Å². The van der Waals surface area contributed by atoms with Gasteiger partial charge < -0.3 is 24.1 Å². The Morgan fingerprint density at radius 2 is 1.03 bits per heavy atom. The number of ether oxygens (including phenoxy) is 4. The summed E-state index contributed by atoms with van der Waals surface area (Å²) in [6, 6.07) is 0. The third-order valence-electron chi connectivity index (χ3n) is 4.30. The van der Waals surface area contributed by atoms with Gasteiger partial charge in [0.1, 0.15) is 0 Å². The van der Waals surface area contributed by atoms with Gasteiger partial charge in [-0.2, -0.15) is 0 Å². The average Bonchev–Trinajstić information content (AvgIpc) is 2.52. The molecule has 0 spiro atoms. The van der Waals surface area contributed by atoms with Gasteiger partial charge in [0.2, 0.25) is 6.29 Å². The number of carbonyl (C=O) groups is 3. The van der Waals surface area contributed by atoms with E-state index >= 15 is 0 Å². The first kappa shape index (κ1) is 25.4. The van der Waals surface area contributed by atoms with Crippen molar-refractivity contribution in [2.45, 2.75) is 99.9 Å². The van der Waals surface area contributed by atoms with Crippen LogP contribution < -0.4 is 0 Å². The molecule has 168 valence electrons. The molecule has 29 heavy (non-hydrogen) atoms. The summed E-state index contributed by atoms with van der Waals surface area (Å²) in [7, 11) is 0. The minimum atomic E-state index is -1.53. The first-order valence-corrected chi connectivity index (χ1v) is 9.82. The molecule has 1 aliphatic rings. The zero-order valence-corrected chi connectivity index (χ0v) is 19.2. The first-order chi connectivity index (χ1) is 12.9. The summed E-state index contributed by atoms with van der Waals surface area (Å²) in [4.78, 5) is 37.2. The Morgan fingerprint density at radius 1 is 0.690 bits per heavy atom. The van der Waals surface area contributed by atoms with Gasteiger partial charge in [0.25, 0.3) is 0 Å². The lowest BCUT2D eigenvalue weighted by atomic mass is 9.94. The topological polar surface area (TPSA) is 108 Å². The maximum atomic E-state index is 12.5. The zero-order valence-electron chi connectivity index (χ0n) is 19.2.